The molecule has 1 aliphatic heterocycles. The molecule has 0 bridgehead atoms. The molecule has 6 nitrogen and oxygen atoms in total. The zero-order valence-electron chi connectivity index (χ0n) is 17.1. The largest absolute Gasteiger partial charge is 0.379 e. The van der Waals surface area contributed by atoms with Crippen LogP contribution in [0, 0.1) is 6.92 Å². The molecule has 2 aromatic carbocycles. The Morgan fingerprint density at radius 1 is 0.966 bits per heavy atom. The zero-order chi connectivity index (χ0) is 19.9. The van der Waals surface area contributed by atoms with E-state index in [0.29, 0.717) is 13.1 Å². The highest BCUT2D eigenvalue weighted by atomic mass is 16.5. The number of hydrogen-bond acceptors (Lipinski definition) is 5. The highest BCUT2D eigenvalue weighted by Gasteiger charge is 2.14. The number of rotatable bonds is 8. The lowest BCUT2D eigenvalue weighted by Gasteiger charge is -2.26. The van der Waals surface area contributed by atoms with Crippen LogP contribution in [0.5, 0.6) is 0 Å². The quantitative estimate of drug-likeness (QED) is 0.599. The van der Waals surface area contributed by atoms with Crippen molar-refractivity contribution in [2.75, 3.05) is 39.4 Å². The standard InChI is InChI=1S/C23H29N5O/c1-19-7-5-6-10-21(19)18-28-25-22(23(26-28)20-8-3-2-4-9-20)17-24-11-12-27-13-15-29-16-14-27/h2-10,24H,11-18H2,1H3. The molecule has 2 heterocycles. The fourth-order valence-electron chi connectivity index (χ4n) is 3.60. The molecular weight excluding hydrogens is 362 g/mol. The second-order valence-corrected chi connectivity index (χ2v) is 7.45. The Bertz CT molecular complexity index is 903. The Balaban J connectivity index is 1.45. The summed E-state index contributed by atoms with van der Waals surface area (Å²) < 4.78 is 5.42. The maximum Gasteiger partial charge on any atom is 0.117 e. The topological polar surface area (TPSA) is 55.2 Å². The highest BCUT2D eigenvalue weighted by molar-refractivity contribution is 5.60. The van der Waals surface area contributed by atoms with Crippen molar-refractivity contribution in [2.45, 2.75) is 20.0 Å². The Morgan fingerprint density at radius 2 is 1.72 bits per heavy atom. The van der Waals surface area contributed by atoms with Gasteiger partial charge >= 0.3 is 0 Å². The van der Waals surface area contributed by atoms with Gasteiger partial charge in [-0.25, -0.2) is 0 Å². The fraction of sp³-hybridized carbons (Fsp3) is 0.391. The molecule has 1 aromatic heterocycles. The van der Waals surface area contributed by atoms with Gasteiger partial charge in [0.05, 0.1) is 19.8 Å². The molecule has 152 valence electrons. The summed E-state index contributed by atoms with van der Waals surface area (Å²) in [6, 6.07) is 18.7. The van der Waals surface area contributed by atoms with Crippen LogP contribution in [-0.4, -0.2) is 59.3 Å². The minimum absolute atomic E-state index is 0.681. The first kappa shape index (κ1) is 19.8. The second kappa shape index (κ2) is 9.78. The van der Waals surface area contributed by atoms with Crippen LogP contribution in [0.2, 0.25) is 0 Å². The van der Waals surface area contributed by atoms with Crippen LogP contribution in [0.4, 0.5) is 0 Å². The van der Waals surface area contributed by atoms with Crippen molar-refractivity contribution in [1.82, 2.24) is 25.2 Å². The van der Waals surface area contributed by atoms with Crippen molar-refractivity contribution in [3.8, 4) is 11.3 Å². The van der Waals surface area contributed by atoms with Crippen molar-refractivity contribution < 1.29 is 4.74 Å². The normalized spacial score (nSPS) is 14.9. The molecule has 29 heavy (non-hydrogen) atoms. The Morgan fingerprint density at radius 3 is 2.52 bits per heavy atom. The molecule has 0 atom stereocenters. The molecule has 1 fully saturated rings. The molecule has 3 aromatic rings. The number of nitrogens with zero attached hydrogens (tertiary/aromatic N) is 4. The predicted molar refractivity (Wildman–Crippen MR) is 115 cm³/mol. The van der Waals surface area contributed by atoms with Gasteiger partial charge in [-0.15, -0.1) is 0 Å². The third kappa shape index (κ3) is 5.29. The number of ether oxygens (including phenoxy) is 1. The van der Waals surface area contributed by atoms with E-state index in [4.69, 9.17) is 14.9 Å². The second-order valence-electron chi connectivity index (χ2n) is 7.45. The molecule has 0 unspecified atom stereocenters. The summed E-state index contributed by atoms with van der Waals surface area (Å²) in [6.07, 6.45) is 0. The van der Waals surface area contributed by atoms with Crippen LogP contribution >= 0.6 is 0 Å². The average Bonchev–Trinajstić information content (AvgIpc) is 3.17. The third-order valence-electron chi connectivity index (χ3n) is 5.35. The van der Waals surface area contributed by atoms with Crippen LogP contribution in [0.25, 0.3) is 11.3 Å². The molecular formula is C23H29N5O. The van der Waals surface area contributed by atoms with E-state index in [0.717, 1.165) is 56.3 Å². The zero-order valence-corrected chi connectivity index (χ0v) is 17.1. The number of hydrogen-bond donors (Lipinski definition) is 1. The molecule has 1 aliphatic rings. The lowest BCUT2D eigenvalue weighted by Crippen LogP contribution is -2.40. The lowest BCUT2D eigenvalue weighted by atomic mass is 10.1. The van der Waals surface area contributed by atoms with E-state index in [1.807, 2.05) is 23.0 Å². The van der Waals surface area contributed by atoms with Crippen LogP contribution in [0.3, 0.4) is 0 Å². The van der Waals surface area contributed by atoms with Crippen LogP contribution in [0.15, 0.2) is 54.6 Å². The number of nitrogens with one attached hydrogen (secondary N) is 1. The Hall–Kier alpha value is -2.54. The van der Waals surface area contributed by atoms with E-state index in [9.17, 15) is 0 Å². The van der Waals surface area contributed by atoms with Crippen LogP contribution in [-0.2, 0) is 17.8 Å². The number of aryl methyl sites for hydroxylation is 1. The van der Waals surface area contributed by atoms with Gasteiger partial charge in [0, 0.05) is 38.3 Å². The van der Waals surface area contributed by atoms with E-state index >= 15 is 0 Å². The van der Waals surface area contributed by atoms with Crippen molar-refractivity contribution in [2.24, 2.45) is 0 Å². The lowest BCUT2D eigenvalue weighted by molar-refractivity contribution is 0.0384. The summed E-state index contributed by atoms with van der Waals surface area (Å²) in [5.74, 6) is 0. The van der Waals surface area contributed by atoms with Gasteiger partial charge in [-0.05, 0) is 18.1 Å². The van der Waals surface area contributed by atoms with E-state index in [-0.39, 0.29) is 0 Å². The predicted octanol–water partition coefficient (Wildman–Crippen LogP) is 2.72. The summed E-state index contributed by atoms with van der Waals surface area (Å²) >= 11 is 0. The smallest absolute Gasteiger partial charge is 0.117 e. The van der Waals surface area contributed by atoms with Crippen LogP contribution in [0.1, 0.15) is 16.8 Å². The highest BCUT2D eigenvalue weighted by Crippen LogP contribution is 2.20. The molecule has 1 saturated heterocycles. The molecule has 4 rings (SSSR count). The van der Waals surface area contributed by atoms with Gasteiger partial charge in [0.15, 0.2) is 0 Å². The number of benzene rings is 2. The monoisotopic (exact) mass is 391 g/mol. The van der Waals surface area contributed by atoms with Gasteiger partial charge in [0.25, 0.3) is 0 Å². The van der Waals surface area contributed by atoms with Gasteiger partial charge in [-0.3, -0.25) is 4.90 Å². The Kier molecular flexibility index (Phi) is 6.67. The van der Waals surface area contributed by atoms with Crippen molar-refractivity contribution in [1.29, 1.82) is 0 Å². The van der Waals surface area contributed by atoms with Crippen molar-refractivity contribution >= 4 is 0 Å². The fourth-order valence-corrected chi connectivity index (χ4v) is 3.60. The van der Waals surface area contributed by atoms with E-state index in [2.05, 4.69) is 53.5 Å². The van der Waals surface area contributed by atoms with Gasteiger partial charge in [-0.1, -0.05) is 54.6 Å². The molecule has 6 heteroatoms. The first-order valence-corrected chi connectivity index (χ1v) is 10.3. The summed E-state index contributed by atoms with van der Waals surface area (Å²) in [6.45, 7) is 9.19. The summed E-state index contributed by atoms with van der Waals surface area (Å²) in [7, 11) is 0. The average molecular weight is 392 g/mol. The summed E-state index contributed by atoms with van der Waals surface area (Å²) in [4.78, 5) is 4.26. The maximum atomic E-state index is 5.42. The summed E-state index contributed by atoms with van der Waals surface area (Å²) in [5, 5.41) is 13.2. The van der Waals surface area contributed by atoms with E-state index < -0.39 is 0 Å². The van der Waals surface area contributed by atoms with Crippen molar-refractivity contribution in [3.05, 3.63) is 71.4 Å². The maximum absolute atomic E-state index is 5.42. The SMILES string of the molecule is Cc1ccccc1Cn1nc(CNCCN2CCOCC2)c(-c2ccccc2)n1. The Labute approximate surface area is 172 Å². The van der Waals surface area contributed by atoms with Crippen LogP contribution < -0.4 is 5.32 Å². The van der Waals surface area contributed by atoms with E-state index in [1.165, 1.54) is 11.1 Å². The van der Waals surface area contributed by atoms with E-state index in [1.54, 1.807) is 0 Å². The minimum Gasteiger partial charge on any atom is -0.379 e. The molecule has 1 N–H and O–H groups in total. The van der Waals surface area contributed by atoms with Gasteiger partial charge in [0.1, 0.15) is 11.4 Å². The molecule has 0 aliphatic carbocycles. The van der Waals surface area contributed by atoms with Crippen molar-refractivity contribution in [3.63, 3.8) is 0 Å². The number of aromatic nitrogens is 3. The molecule has 0 saturated carbocycles. The minimum atomic E-state index is 0.681. The molecule has 0 spiro atoms. The third-order valence-corrected chi connectivity index (χ3v) is 5.35. The van der Waals surface area contributed by atoms with Gasteiger partial charge in [-0.2, -0.15) is 15.0 Å². The van der Waals surface area contributed by atoms with Gasteiger partial charge in [0.2, 0.25) is 0 Å². The number of morpholine rings is 1. The molecule has 0 radical (unpaired) electrons. The first-order chi connectivity index (χ1) is 14.3. The van der Waals surface area contributed by atoms with Gasteiger partial charge < -0.3 is 10.1 Å². The molecule has 0 amide bonds. The summed E-state index contributed by atoms with van der Waals surface area (Å²) in [5.41, 5.74) is 5.56. The first-order valence-electron chi connectivity index (χ1n) is 10.3.